The number of carbonyl (C=O) groups is 1. The van der Waals surface area contributed by atoms with Crippen molar-refractivity contribution in [3.05, 3.63) is 26.4 Å². The van der Waals surface area contributed by atoms with Crippen molar-refractivity contribution in [1.82, 2.24) is 4.98 Å². The molecule has 1 heterocycles. The Kier molecular flexibility index (Phi) is 3.54. The van der Waals surface area contributed by atoms with Crippen molar-refractivity contribution < 1.29 is 13.6 Å². The topological polar surface area (TPSA) is 56.0 Å². The van der Waals surface area contributed by atoms with Crippen LogP contribution in [0.15, 0.2) is 15.1 Å². The highest BCUT2D eigenvalue weighted by molar-refractivity contribution is 9.13. The van der Waals surface area contributed by atoms with Crippen LogP contribution in [0, 0.1) is 0 Å². The number of nitrogens with zero attached hydrogens (tertiary/aromatic N) is 1. The molecule has 0 fully saturated rings. The van der Waals surface area contributed by atoms with Gasteiger partial charge in [-0.25, -0.2) is 13.8 Å². The molecule has 0 radical (unpaired) electrons. The minimum Gasteiger partial charge on any atom is -0.364 e. The first kappa shape index (κ1) is 11.5. The second kappa shape index (κ2) is 4.31. The predicted octanol–water partition coefficient (Wildman–Crippen LogP) is 2.64. The summed E-state index contributed by atoms with van der Waals surface area (Å²) in [6.07, 6.45) is -2.78. The number of rotatable bonds is 2. The standard InChI is InChI=1S/C7H4Br2F2N2O/c8-3-1-2(6(10)11)4(7(12)14)13-5(3)9/h1,6H,(H2,12,14). The maximum absolute atomic E-state index is 12.4. The van der Waals surface area contributed by atoms with Crippen LogP contribution in [0.5, 0.6) is 0 Å². The summed E-state index contributed by atoms with van der Waals surface area (Å²) in [6, 6.07) is 1.11. The van der Waals surface area contributed by atoms with Gasteiger partial charge in [0.05, 0.1) is 10.0 Å². The highest BCUT2D eigenvalue weighted by Gasteiger charge is 2.20. The van der Waals surface area contributed by atoms with Crippen LogP contribution in [0.2, 0.25) is 0 Å². The van der Waals surface area contributed by atoms with Gasteiger partial charge >= 0.3 is 0 Å². The van der Waals surface area contributed by atoms with E-state index in [0.29, 0.717) is 4.47 Å². The van der Waals surface area contributed by atoms with Gasteiger partial charge in [-0.15, -0.1) is 0 Å². The van der Waals surface area contributed by atoms with Crippen molar-refractivity contribution >= 4 is 37.8 Å². The molecule has 0 bridgehead atoms. The number of nitrogens with two attached hydrogens (primary N) is 1. The molecule has 0 atom stereocenters. The van der Waals surface area contributed by atoms with Crippen LogP contribution in [-0.4, -0.2) is 10.9 Å². The normalized spacial score (nSPS) is 10.6. The zero-order valence-electron chi connectivity index (χ0n) is 6.60. The summed E-state index contributed by atoms with van der Waals surface area (Å²) in [6.45, 7) is 0. The summed E-state index contributed by atoms with van der Waals surface area (Å²) in [7, 11) is 0. The van der Waals surface area contributed by atoms with E-state index >= 15 is 0 Å². The molecule has 0 aliphatic carbocycles. The largest absolute Gasteiger partial charge is 0.364 e. The molecule has 1 rings (SSSR count). The number of hydrogen-bond acceptors (Lipinski definition) is 2. The maximum Gasteiger partial charge on any atom is 0.267 e. The van der Waals surface area contributed by atoms with Gasteiger partial charge in [0.25, 0.3) is 12.3 Å². The first-order valence-corrected chi connectivity index (χ1v) is 4.96. The Hall–Kier alpha value is -0.560. The van der Waals surface area contributed by atoms with E-state index < -0.39 is 23.6 Å². The summed E-state index contributed by atoms with van der Waals surface area (Å²) < 4.78 is 25.4. The van der Waals surface area contributed by atoms with Gasteiger partial charge in [0, 0.05) is 0 Å². The fraction of sp³-hybridized carbons (Fsp3) is 0.143. The highest BCUT2D eigenvalue weighted by Crippen LogP contribution is 2.29. The molecule has 7 heteroatoms. The van der Waals surface area contributed by atoms with Gasteiger partial charge < -0.3 is 5.73 Å². The number of pyridine rings is 1. The van der Waals surface area contributed by atoms with Crippen molar-refractivity contribution in [2.24, 2.45) is 5.73 Å². The van der Waals surface area contributed by atoms with Crippen LogP contribution >= 0.6 is 31.9 Å². The molecule has 1 amide bonds. The Balaban J connectivity index is 3.39. The number of amides is 1. The Morgan fingerprint density at radius 3 is 2.50 bits per heavy atom. The number of halogens is 4. The lowest BCUT2D eigenvalue weighted by molar-refractivity contribution is 0.0979. The SMILES string of the molecule is NC(=O)c1nc(Br)c(Br)cc1C(F)F. The number of aromatic nitrogens is 1. The number of primary amides is 1. The van der Waals surface area contributed by atoms with Gasteiger partial charge in [0.2, 0.25) is 0 Å². The van der Waals surface area contributed by atoms with Crippen LogP contribution in [0.1, 0.15) is 22.5 Å². The Labute approximate surface area is 94.9 Å². The first-order chi connectivity index (χ1) is 6.43. The minimum absolute atomic E-state index is 0.260. The molecule has 0 aromatic carbocycles. The fourth-order valence-electron chi connectivity index (χ4n) is 0.844. The van der Waals surface area contributed by atoms with E-state index in [1.165, 1.54) is 0 Å². The fourth-order valence-corrected chi connectivity index (χ4v) is 1.47. The summed E-state index contributed by atoms with van der Waals surface area (Å²) in [5, 5.41) is 0. The van der Waals surface area contributed by atoms with Crippen molar-refractivity contribution in [2.75, 3.05) is 0 Å². The van der Waals surface area contributed by atoms with Crippen molar-refractivity contribution in [1.29, 1.82) is 0 Å². The summed E-state index contributed by atoms with van der Waals surface area (Å²) in [5.74, 6) is -0.978. The van der Waals surface area contributed by atoms with Gasteiger partial charge in [-0.1, -0.05) is 0 Å². The first-order valence-electron chi connectivity index (χ1n) is 3.37. The monoisotopic (exact) mass is 328 g/mol. The zero-order chi connectivity index (χ0) is 10.9. The highest BCUT2D eigenvalue weighted by atomic mass is 79.9. The Bertz CT molecular complexity index is 384. The van der Waals surface area contributed by atoms with Crippen LogP contribution in [0.4, 0.5) is 8.78 Å². The summed E-state index contributed by atoms with van der Waals surface area (Å²) in [5.41, 5.74) is 4.00. The van der Waals surface area contributed by atoms with Crippen molar-refractivity contribution in [3.63, 3.8) is 0 Å². The minimum atomic E-state index is -2.78. The lowest BCUT2D eigenvalue weighted by Crippen LogP contribution is -2.16. The molecule has 0 aliphatic heterocycles. The maximum atomic E-state index is 12.4. The van der Waals surface area contributed by atoms with E-state index in [1.807, 2.05) is 0 Å². The van der Waals surface area contributed by atoms with Crippen LogP contribution in [0.3, 0.4) is 0 Å². The second-order valence-electron chi connectivity index (χ2n) is 2.36. The molecule has 2 N–H and O–H groups in total. The Morgan fingerprint density at radius 1 is 1.50 bits per heavy atom. The molecule has 76 valence electrons. The zero-order valence-corrected chi connectivity index (χ0v) is 9.77. The lowest BCUT2D eigenvalue weighted by atomic mass is 10.2. The van der Waals surface area contributed by atoms with Gasteiger partial charge in [0.1, 0.15) is 10.3 Å². The summed E-state index contributed by atoms with van der Waals surface area (Å²) in [4.78, 5) is 14.4. The van der Waals surface area contributed by atoms with Gasteiger partial charge in [0.15, 0.2) is 0 Å². The average molecular weight is 330 g/mol. The third-order valence-electron chi connectivity index (χ3n) is 1.43. The van der Waals surface area contributed by atoms with Crippen LogP contribution in [-0.2, 0) is 0 Å². The molecule has 0 aliphatic rings. The smallest absolute Gasteiger partial charge is 0.267 e. The third kappa shape index (κ3) is 2.27. The predicted molar refractivity (Wildman–Crippen MR) is 53.1 cm³/mol. The summed E-state index contributed by atoms with van der Waals surface area (Å²) >= 11 is 5.99. The molecular weight excluding hydrogens is 326 g/mol. The molecule has 14 heavy (non-hydrogen) atoms. The van der Waals surface area contributed by atoms with Gasteiger partial charge in [-0.2, -0.15) is 0 Å². The van der Waals surface area contributed by atoms with Gasteiger partial charge in [-0.3, -0.25) is 4.79 Å². The number of carbonyl (C=O) groups excluding carboxylic acids is 1. The Morgan fingerprint density at radius 2 is 2.07 bits per heavy atom. The van der Waals surface area contributed by atoms with Gasteiger partial charge in [-0.05, 0) is 37.9 Å². The van der Waals surface area contributed by atoms with E-state index in [-0.39, 0.29) is 4.60 Å². The number of alkyl halides is 2. The van der Waals surface area contributed by atoms with Crippen molar-refractivity contribution in [2.45, 2.75) is 6.43 Å². The molecule has 0 unspecified atom stereocenters. The van der Waals surface area contributed by atoms with E-state index in [0.717, 1.165) is 6.07 Å². The number of hydrogen-bond donors (Lipinski definition) is 1. The second-order valence-corrected chi connectivity index (χ2v) is 3.97. The lowest BCUT2D eigenvalue weighted by Gasteiger charge is -2.06. The quantitative estimate of drug-likeness (QED) is 0.848. The molecular formula is C7H4Br2F2N2O. The third-order valence-corrected chi connectivity index (χ3v) is 3.17. The molecule has 0 saturated heterocycles. The molecule has 1 aromatic rings. The van der Waals surface area contributed by atoms with E-state index in [2.05, 4.69) is 36.8 Å². The van der Waals surface area contributed by atoms with E-state index in [9.17, 15) is 13.6 Å². The molecule has 1 aromatic heterocycles. The van der Waals surface area contributed by atoms with Crippen LogP contribution in [0.25, 0.3) is 0 Å². The average Bonchev–Trinajstić information content (AvgIpc) is 2.08. The van der Waals surface area contributed by atoms with E-state index in [1.54, 1.807) is 0 Å². The van der Waals surface area contributed by atoms with Crippen molar-refractivity contribution in [3.8, 4) is 0 Å². The van der Waals surface area contributed by atoms with Crippen LogP contribution < -0.4 is 5.73 Å². The molecule has 0 spiro atoms. The van der Waals surface area contributed by atoms with E-state index in [4.69, 9.17) is 5.73 Å². The molecule has 3 nitrogen and oxygen atoms in total. The molecule has 0 saturated carbocycles.